The van der Waals surface area contributed by atoms with E-state index in [-0.39, 0.29) is 17.9 Å². The first-order valence-corrected chi connectivity index (χ1v) is 9.23. The van der Waals surface area contributed by atoms with Gasteiger partial charge in [-0.3, -0.25) is 14.6 Å². The van der Waals surface area contributed by atoms with Crippen molar-refractivity contribution in [1.82, 2.24) is 20.1 Å². The summed E-state index contributed by atoms with van der Waals surface area (Å²) in [4.78, 5) is 33.3. The van der Waals surface area contributed by atoms with Crippen LogP contribution in [0.4, 0.5) is 0 Å². The van der Waals surface area contributed by atoms with Crippen LogP contribution in [-0.2, 0) is 0 Å². The zero-order valence-electron chi connectivity index (χ0n) is 15.6. The second kappa shape index (κ2) is 9.51. The number of pyridine rings is 1. The third-order valence-electron chi connectivity index (χ3n) is 4.67. The molecule has 0 spiro atoms. The Morgan fingerprint density at radius 3 is 2.88 bits per heavy atom. The van der Waals surface area contributed by atoms with Gasteiger partial charge in [0.05, 0.1) is 0 Å². The third kappa shape index (κ3) is 5.53. The third-order valence-corrected chi connectivity index (χ3v) is 4.67. The molecule has 0 aromatic carbocycles. The molecule has 25 heavy (non-hydrogen) atoms. The van der Waals surface area contributed by atoms with Gasteiger partial charge in [0.25, 0.3) is 11.8 Å². The van der Waals surface area contributed by atoms with Crippen LogP contribution < -0.4 is 5.32 Å². The van der Waals surface area contributed by atoms with Crippen LogP contribution in [0.2, 0.25) is 0 Å². The molecule has 1 aliphatic heterocycles. The summed E-state index contributed by atoms with van der Waals surface area (Å²) < 4.78 is 0. The first-order chi connectivity index (χ1) is 12.0. The van der Waals surface area contributed by atoms with Gasteiger partial charge >= 0.3 is 0 Å². The van der Waals surface area contributed by atoms with Crippen LogP contribution in [0.1, 0.15) is 59.9 Å². The number of hydrogen-bond donors (Lipinski definition) is 1. The molecule has 1 atom stereocenters. The summed E-state index contributed by atoms with van der Waals surface area (Å²) >= 11 is 0. The number of carbonyl (C=O) groups excluding carboxylic acids is 2. The second-order valence-corrected chi connectivity index (χ2v) is 6.90. The van der Waals surface area contributed by atoms with E-state index in [4.69, 9.17) is 0 Å². The van der Waals surface area contributed by atoms with Crippen LogP contribution in [0.5, 0.6) is 0 Å². The molecule has 0 aliphatic carbocycles. The highest BCUT2D eigenvalue weighted by molar-refractivity contribution is 5.98. The van der Waals surface area contributed by atoms with Crippen LogP contribution >= 0.6 is 0 Å². The summed E-state index contributed by atoms with van der Waals surface area (Å²) in [5.74, 6) is -0.213. The van der Waals surface area contributed by atoms with Gasteiger partial charge in [-0.15, -0.1) is 0 Å². The lowest BCUT2D eigenvalue weighted by atomic mass is 9.99. The quantitative estimate of drug-likeness (QED) is 0.769. The predicted octanol–water partition coefficient (Wildman–Crippen LogP) is 2.17. The molecule has 2 rings (SSSR count). The Balaban J connectivity index is 1.99. The van der Waals surface area contributed by atoms with Crippen LogP contribution in [0.25, 0.3) is 0 Å². The van der Waals surface area contributed by atoms with Crippen LogP contribution in [0, 0.1) is 0 Å². The van der Waals surface area contributed by atoms with E-state index in [0.29, 0.717) is 17.8 Å². The molecule has 2 amide bonds. The maximum atomic E-state index is 12.8. The number of likely N-dealkylation sites (tertiary alicyclic amines) is 1. The fourth-order valence-corrected chi connectivity index (χ4v) is 3.23. The Hall–Kier alpha value is -1.95. The number of nitrogens with zero attached hydrogens (tertiary/aromatic N) is 3. The monoisotopic (exact) mass is 346 g/mol. The largest absolute Gasteiger partial charge is 0.352 e. The zero-order valence-corrected chi connectivity index (χ0v) is 15.6. The van der Waals surface area contributed by atoms with Gasteiger partial charge in [0.1, 0.15) is 5.69 Å². The smallest absolute Gasteiger partial charge is 0.272 e. The van der Waals surface area contributed by atoms with Gasteiger partial charge in [-0.2, -0.15) is 0 Å². The standard InChI is InChI=1S/C19H30N4O2/c1-4-16-8-5-6-13-23(16)19(25)17-14-15(9-11-20-17)18(24)21-10-7-12-22(2)3/h9,11,14,16H,4-8,10,12-13H2,1-3H3,(H,21,24). The minimum absolute atomic E-state index is 0.0613. The maximum Gasteiger partial charge on any atom is 0.272 e. The second-order valence-electron chi connectivity index (χ2n) is 6.90. The van der Waals surface area contributed by atoms with E-state index in [1.807, 2.05) is 19.0 Å². The number of piperidine rings is 1. The van der Waals surface area contributed by atoms with Gasteiger partial charge in [0.2, 0.25) is 0 Å². The highest BCUT2D eigenvalue weighted by Crippen LogP contribution is 2.21. The first-order valence-electron chi connectivity index (χ1n) is 9.23. The Kier molecular flexibility index (Phi) is 7.37. The molecule has 1 fully saturated rings. The molecule has 1 aromatic heterocycles. The lowest BCUT2D eigenvalue weighted by Gasteiger charge is -2.35. The number of aromatic nitrogens is 1. The fraction of sp³-hybridized carbons (Fsp3) is 0.632. The molecule has 1 aliphatic rings. The van der Waals surface area contributed by atoms with Crippen molar-refractivity contribution in [2.24, 2.45) is 0 Å². The normalized spacial score (nSPS) is 17.6. The number of amides is 2. The molecule has 0 radical (unpaired) electrons. The Morgan fingerprint density at radius 2 is 2.16 bits per heavy atom. The van der Waals surface area contributed by atoms with Crippen molar-refractivity contribution in [2.45, 2.75) is 45.1 Å². The van der Waals surface area contributed by atoms with E-state index in [0.717, 1.165) is 38.8 Å². The first kappa shape index (κ1) is 19.4. The molecular formula is C19H30N4O2. The lowest BCUT2D eigenvalue weighted by molar-refractivity contribution is 0.0602. The molecule has 0 bridgehead atoms. The van der Waals surface area contributed by atoms with Gasteiger partial charge in [0.15, 0.2) is 0 Å². The summed E-state index contributed by atoms with van der Waals surface area (Å²) in [5, 5.41) is 2.90. The van der Waals surface area contributed by atoms with Gasteiger partial charge in [-0.25, -0.2) is 0 Å². The van der Waals surface area contributed by atoms with Crippen molar-refractivity contribution in [2.75, 3.05) is 33.7 Å². The summed E-state index contributed by atoms with van der Waals surface area (Å²) in [7, 11) is 4.01. The Morgan fingerprint density at radius 1 is 1.36 bits per heavy atom. The summed E-state index contributed by atoms with van der Waals surface area (Å²) in [5.41, 5.74) is 0.856. The molecule has 6 nitrogen and oxygen atoms in total. The number of hydrogen-bond acceptors (Lipinski definition) is 4. The van der Waals surface area contributed by atoms with Crippen molar-refractivity contribution < 1.29 is 9.59 Å². The molecule has 1 aromatic rings. The van der Waals surface area contributed by atoms with E-state index < -0.39 is 0 Å². The molecular weight excluding hydrogens is 316 g/mol. The summed E-state index contributed by atoms with van der Waals surface area (Å²) in [6, 6.07) is 3.56. The topological polar surface area (TPSA) is 65.5 Å². The van der Waals surface area contributed by atoms with Crippen molar-refractivity contribution in [1.29, 1.82) is 0 Å². The zero-order chi connectivity index (χ0) is 18.2. The van der Waals surface area contributed by atoms with E-state index >= 15 is 0 Å². The van der Waals surface area contributed by atoms with Gasteiger partial charge < -0.3 is 15.1 Å². The van der Waals surface area contributed by atoms with E-state index in [9.17, 15) is 9.59 Å². The SMILES string of the molecule is CCC1CCCCN1C(=O)c1cc(C(=O)NCCCN(C)C)ccn1. The molecule has 6 heteroatoms. The summed E-state index contributed by atoms with van der Waals surface area (Å²) in [6.07, 6.45) is 6.65. The van der Waals surface area contributed by atoms with Crippen molar-refractivity contribution in [3.05, 3.63) is 29.6 Å². The Bertz CT molecular complexity index is 589. The van der Waals surface area contributed by atoms with Crippen LogP contribution in [0.15, 0.2) is 18.3 Å². The van der Waals surface area contributed by atoms with Crippen LogP contribution in [0.3, 0.4) is 0 Å². The van der Waals surface area contributed by atoms with E-state index in [1.54, 1.807) is 18.3 Å². The predicted molar refractivity (Wildman–Crippen MR) is 98.7 cm³/mol. The van der Waals surface area contributed by atoms with Gasteiger partial charge in [-0.1, -0.05) is 6.92 Å². The minimum atomic E-state index is -0.152. The van der Waals surface area contributed by atoms with E-state index in [2.05, 4.69) is 22.1 Å². The van der Waals surface area contributed by atoms with Gasteiger partial charge in [0, 0.05) is 30.9 Å². The van der Waals surface area contributed by atoms with Crippen LogP contribution in [-0.4, -0.2) is 66.4 Å². The number of carbonyl (C=O) groups is 2. The molecule has 0 saturated carbocycles. The van der Waals surface area contributed by atoms with Gasteiger partial charge in [-0.05, 0) is 64.9 Å². The Labute approximate surface area is 150 Å². The van der Waals surface area contributed by atoms with Crippen molar-refractivity contribution in [3.63, 3.8) is 0 Å². The minimum Gasteiger partial charge on any atom is -0.352 e. The highest BCUT2D eigenvalue weighted by Gasteiger charge is 2.27. The summed E-state index contributed by atoms with van der Waals surface area (Å²) in [6.45, 7) is 4.43. The number of nitrogens with one attached hydrogen (secondary N) is 1. The molecule has 2 heterocycles. The number of rotatable bonds is 7. The van der Waals surface area contributed by atoms with Crippen molar-refractivity contribution >= 4 is 11.8 Å². The fourth-order valence-electron chi connectivity index (χ4n) is 3.23. The maximum absolute atomic E-state index is 12.8. The van der Waals surface area contributed by atoms with E-state index in [1.165, 1.54) is 6.42 Å². The molecule has 1 saturated heterocycles. The molecule has 1 N–H and O–H groups in total. The van der Waals surface area contributed by atoms with Crippen molar-refractivity contribution in [3.8, 4) is 0 Å². The lowest BCUT2D eigenvalue weighted by Crippen LogP contribution is -2.43. The average Bonchev–Trinajstić information content (AvgIpc) is 2.64. The average molecular weight is 346 g/mol. The highest BCUT2D eigenvalue weighted by atomic mass is 16.2. The molecule has 1 unspecified atom stereocenters. The molecule has 138 valence electrons.